The van der Waals surface area contributed by atoms with E-state index < -0.39 is 6.04 Å². The van der Waals surface area contributed by atoms with Gasteiger partial charge in [0.15, 0.2) is 0 Å². The summed E-state index contributed by atoms with van der Waals surface area (Å²) in [4.78, 5) is 28.8. The van der Waals surface area contributed by atoms with Crippen LogP contribution in [0, 0.1) is 0 Å². The maximum atomic E-state index is 13.6. The second-order valence-electron chi connectivity index (χ2n) is 8.94. The molecule has 0 aliphatic carbocycles. The quantitative estimate of drug-likeness (QED) is 0.259. The Labute approximate surface area is 223 Å². The number of ether oxygens (including phenoxy) is 1. The standard InChI is InChI=1S/C30H35BrN2O3/c1-3-23(2)32-30(35)28(21-24-11-6-4-7-12-24)33(22-25-16-18-26(31)19-17-25)29(34)15-10-20-36-27-13-8-5-9-14-27/h4-9,11-14,16-19,23,28H,3,10,15,20-22H2,1-2H3,(H,32,35)/t23-,28+/m0/s1. The topological polar surface area (TPSA) is 58.6 Å². The first-order valence-corrected chi connectivity index (χ1v) is 13.3. The monoisotopic (exact) mass is 550 g/mol. The summed E-state index contributed by atoms with van der Waals surface area (Å²) in [6.45, 7) is 4.81. The van der Waals surface area contributed by atoms with E-state index in [1.54, 1.807) is 4.90 Å². The number of amides is 2. The summed E-state index contributed by atoms with van der Waals surface area (Å²) in [7, 11) is 0. The Morgan fingerprint density at radius 2 is 1.56 bits per heavy atom. The van der Waals surface area contributed by atoms with Crippen LogP contribution in [0.4, 0.5) is 0 Å². The average molecular weight is 552 g/mol. The molecule has 6 heteroatoms. The summed E-state index contributed by atoms with van der Waals surface area (Å²) in [5.41, 5.74) is 1.99. The first-order chi connectivity index (χ1) is 17.5. The highest BCUT2D eigenvalue weighted by Gasteiger charge is 2.30. The first-order valence-electron chi connectivity index (χ1n) is 12.5. The van der Waals surface area contributed by atoms with Crippen LogP contribution in [0.25, 0.3) is 0 Å². The number of nitrogens with one attached hydrogen (secondary N) is 1. The fraction of sp³-hybridized carbons (Fsp3) is 0.333. The average Bonchev–Trinajstić information content (AvgIpc) is 2.90. The van der Waals surface area contributed by atoms with Crippen LogP contribution in [0.15, 0.2) is 89.4 Å². The lowest BCUT2D eigenvalue weighted by Crippen LogP contribution is -2.52. The normalized spacial score (nSPS) is 12.4. The molecule has 0 saturated carbocycles. The van der Waals surface area contributed by atoms with Crippen molar-refractivity contribution in [3.05, 3.63) is 101 Å². The van der Waals surface area contributed by atoms with E-state index in [9.17, 15) is 9.59 Å². The van der Waals surface area contributed by atoms with Crippen LogP contribution in [0.2, 0.25) is 0 Å². The number of rotatable bonds is 13. The zero-order valence-corrected chi connectivity index (χ0v) is 22.6. The van der Waals surface area contributed by atoms with Gasteiger partial charge in [-0.3, -0.25) is 9.59 Å². The molecule has 3 rings (SSSR count). The molecule has 0 aromatic heterocycles. The molecule has 0 radical (unpaired) electrons. The van der Waals surface area contributed by atoms with Crippen molar-refractivity contribution < 1.29 is 14.3 Å². The molecule has 3 aromatic carbocycles. The predicted molar refractivity (Wildman–Crippen MR) is 148 cm³/mol. The van der Waals surface area contributed by atoms with Gasteiger partial charge in [0.25, 0.3) is 0 Å². The Morgan fingerprint density at radius 1 is 0.917 bits per heavy atom. The molecule has 0 bridgehead atoms. The van der Waals surface area contributed by atoms with E-state index in [2.05, 4.69) is 21.2 Å². The molecular formula is C30H35BrN2O3. The van der Waals surface area contributed by atoms with Crippen LogP contribution in [0.5, 0.6) is 5.75 Å². The number of halogens is 1. The number of hydrogen-bond donors (Lipinski definition) is 1. The zero-order chi connectivity index (χ0) is 25.8. The minimum atomic E-state index is -0.618. The molecule has 0 aliphatic heterocycles. The molecule has 0 spiro atoms. The van der Waals surface area contributed by atoms with Crippen molar-refractivity contribution in [2.24, 2.45) is 0 Å². The van der Waals surface area contributed by atoms with E-state index in [1.807, 2.05) is 98.8 Å². The molecule has 5 nitrogen and oxygen atoms in total. The molecular weight excluding hydrogens is 516 g/mol. The highest BCUT2D eigenvalue weighted by atomic mass is 79.9. The van der Waals surface area contributed by atoms with Crippen molar-refractivity contribution >= 4 is 27.7 Å². The maximum Gasteiger partial charge on any atom is 0.243 e. The summed E-state index contributed by atoms with van der Waals surface area (Å²) in [5, 5.41) is 3.10. The van der Waals surface area contributed by atoms with E-state index in [-0.39, 0.29) is 17.9 Å². The van der Waals surface area contributed by atoms with Gasteiger partial charge in [-0.1, -0.05) is 83.5 Å². The second kappa shape index (κ2) is 14.4. The van der Waals surface area contributed by atoms with Gasteiger partial charge in [0.2, 0.25) is 11.8 Å². The van der Waals surface area contributed by atoms with Crippen LogP contribution in [-0.2, 0) is 22.6 Å². The molecule has 190 valence electrons. The minimum absolute atomic E-state index is 0.0275. The third-order valence-electron chi connectivity index (χ3n) is 6.09. The van der Waals surface area contributed by atoms with Crippen molar-refractivity contribution in [1.29, 1.82) is 0 Å². The summed E-state index contributed by atoms with van der Waals surface area (Å²) in [6.07, 6.45) is 2.13. The van der Waals surface area contributed by atoms with Crippen molar-refractivity contribution in [2.75, 3.05) is 6.61 Å². The number of hydrogen-bond acceptors (Lipinski definition) is 3. The van der Waals surface area contributed by atoms with Crippen molar-refractivity contribution in [3.8, 4) is 5.75 Å². The largest absolute Gasteiger partial charge is 0.494 e. The van der Waals surface area contributed by atoms with Crippen LogP contribution in [0.3, 0.4) is 0 Å². The Kier molecular flexibility index (Phi) is 11.0. The molecule has 0 aliphatic rings. The minimum Gasteiger partial charge on any atom is -0.494 e. The lowest BCUT2D eigenvalue weighted by Gasteiger charge is -2.32. The number of nitrogens with zero attached hydrogens (tertiary/aromatic N) is 1. The van der Waals surface area contributed by atoms with Crippen molar-refractivity contribution in [3.63, 3.8) is 0 Å². The molecule has 0 fully saturated rings. The molecule has 3 aromatic rings. The Bertz CT molecular complexity index is 1070. The molecule has 1 N–H and O–H groups in total. The molecule has 2 atom stereocenters. The zero-order valence-electron chi connectivity index (χ0n) is 21.0. The van der Waals surface area contributed by atoms with Crippen LogP contribution < -0.4 is 10.1 Å². The molecule has 36 heavy (non-hydrogen) atoms. The number of para-hydroxylation sites is 1. The Hall–Kier alpha value is -3.12. The van der Waals surface area contributed by atoms with Gasteiger partial charge < -0.3 is 15.0 Å². The molecule has 0 saturated heterocycles. The maximum absolute atomic E-state index is 13.6. The summed E-state index contributed by atoms with van der Waals surface area (Å²) >= 11 is 3.47. The van der Waals surface area contributed by atoms with Crippen LogP contribution in [0.1, 0.15) is 44.2 Å². The summed E-state index contributed by atoms with van der Waals surface area (Å²) in [5.74, 6) is 0.598. The van der Waals surface area contributed by atoms with E-state index in [0.29, 0.717) is 32.4 Å². The summed E-state index contributed by atoms with van der Waals surface area (Å²) < 4.78 is 6.75. The van der Waals surface area contributed by atoms with Gasteiger partial charge in [-0.2, -0.15) is 0 Å². The number of carbonyl (C=O) groups excluding carboxylic acids is 2. The molecule has 0 heterocycles. The fourth-order valence-electron chi connectivity index (χ4n) is 3.86. The van der Waals surface area contributed by atoms with E-state index in [0.717, 1.165) is 27.8 Å². The van der Waals surface area contributed by atoms with Gasteiger partial charge in [0.05, 0.1) is 6.61 Å². The smallest absolute Gasteiger partial charge is 0.243 e. The van der Waals surface area contributed by atoms with Crippen LogP contribution in [-0.4, -0.2) is 35.4 Å². The fourth-order valence-corrected chi connectivity index (χ4v) is 4.12. The van der Waals surface area contributed by atoms with E-state index in [4.69, 9.17) is 4.74 Å². The summed E-state index contributed by atoms with van der Waals surface area (Å²) in [6, 6.07) is 26.7. The first kappa shape index (κ1) is 27.5. The number of benzene rings is 3. The van der Waals surface area contributed by atoms with Crippen molar-refractivity contribution in [2.45, 2.75) is 58.2 Å². The van der Waals surface area contributed by atoms with Gasteiger partial charge in [0, 0.05) is 29.9 Å². The van der Waals surface area contributed by atoms with Gasteiger partial charge in [0.1, 0.15) is 11.8 Å². The van der Waals surface area contributed by atoms with Gasteiger partial charge in [-0.15, -0.1) is 0 Å². The van der Waals surface area contributed by atoms with E-state index >= 15 is 0 Å². The van der Waals surface area contributed by atoms with Gasteiger partial charge >= 0.3 is 0 Å². The van der Waals surface area contributed by atoms with E-state index in [1.165, 1.54) is 0 Å². The number of carbonyl (C=O) groups is 2. The Balaban J connectivity index is 1.80. The van der Waals surface area contributed by atoms with Gasteiger partial charge in [-0.25, -0.2) is 0 Å². The van der Waals surface area contributed by atoms with Gasteiger partial charge in [-0.05, 0) is 55.2 Å². The Morgan fingerprint density at radius 3 is 2.19 bits per heavy atom. The second-order valence-corrected chi connectivity index (χ2v) is 9.85. The molecule has 2 amide bonds. The lowest BCUT2D eigenvalue weighted by atomic mass is 10.0. The molecule has 0 unspecified atom stereocenters. The third kappa shape index (κ3) is 8.83. The van der Waals surface area contributed by atoms with Crippen LogP contribution >= 0.6 is 15.9 Å². The third-order valence-corrected chi connectivity index (χ3v) is 6.61. The SMILES string of the molecule is CC[C@H](C)NC(=O)[C@@H](Cc1ccccc1)N(Cc1ccc(Br)cc1)C(=O)CCCOc1ccccc1. The van der Waals surface area contributed by atoms with Crippen molar-refractivity contribution in [1.82, 2.24) is 10.2 Å². The highest BCUT2D eigenvalue weighted by molar-refractivity contribution is 9.10. The predicted octanol–water partition coefficient (Wildman–Crippen LogP) is 6.16. The highest BCUT2D eigenvalue weighted by Crippen LogP contribution is 2.19. The lowest BCUT2D eigenvalue weighted by molar-refractivity contribution is -0.141.